The van der Waals surface area contributed by atoms with Crippen LogP contribution in [0, 0.1) is 0 Å². The second-order valence-corrected chi connectivity index (χ2v) is 6.73. The molecule has 4 rings (SSSR count). The zero-order valence-corrected chi connectivity index (χ0v) is 15.4. The highest BCUT2D eigenvalue weighted by Gasteiger charge is 2.44. The molecule has 0 unspecified atom stereocenters. The molecule has 0 saturated carbocycles. The Bertz CT molecular complexity index is 948. The Hall–Kier alpha value is -2.59. The number of anilines is 1. The number of ether oxygens (including phenoxy) is 1. The third-order valence-corrected chi connectivity index (χ3v) is 4.88. The number of aryl methyl sites for hydroxylation is 1. The second kappa shape index (κ2) is 7.80. The first-order valence-corrected chi connectivity index (χ1v) is 9.26. The number of aromatic nitrogens is 4. The molecule has 28 heavy (non-hydrogen) atoms. The lowest BCUT2D eigenvalue weighted by Gasteiger charge is -2.17. The molecule has 0 radical (unpaired) electrons. The molecule has 9 heteroatoms. The van der Waals surface area contributed by atoms with E-state index in [4.69, 9.17) is 4.74 Å². The third-order valence-electron chi connectivity index (χ3n) is 4.88. The molecule has 3 aromatic rings. The zero-order chi connectivity index (χ0) is 19.7. The van der Waals surface area contributed by atoms with Crippen molar-refractivity contribution >= 4 is 17.0 Å². The van der Waals surface area contributed by atoms with Gasteiger partial charge in [0.1, 0.15) is 24.1 Å². The number of benzene rings is 1. The standard InChI is InChI=1S/C19H23N5O4/c1-2-13-22-17(20-8-11-6-4-3-5-7-11)14-18(23-13)24(10-21-14)19-16(27)15(26)12(9-25)28-19/h3-7,10,12,15-16,19,25-27H,2,8-9H2,1H3,(H,20,22,23)/t12-,15-,16-,19-/m1/s1. The molecule has 3 heterocycles. The molecule has 1 fully saturated rings. The summed E-state index contributed by atoms with van der Waals surface area (Å²) in [5.41, 5.74) is 2.15. The van der Waals surface area contributed by atoms with E-state index >= 15 is 0 Å². The second-order valence-electron chi connectivity index (χ2n) is 6.73. The Morgan fingerprint density at radius 3 is 2.61 bits per heavy atom. The summed E-state index contributed by atoms with van der Waals surface area (Å²) in [7, 11) is 0. The molecule has 2 aromatic heterocycles. The molecule has 4 N–H and O–H groups in total. The molecular formula is C19H23N5O4. The molecule has 148 valence electrons. The fraction of sp³-hybridized carbons (Fsp3) is 0.421. The van der Waals surface area contributed by atoms with E-state index in [1.807, 2.05) is 37.3 Å². The number of nitrogens with zero attached hydrogens (tertiary/aromatic N) is 4. The van der Waals surface area contributed by atoms with Crippen LogP contribution in [0.15, 0.2) is 36.7 Å². The Balaban J connectivity index is 1.69. The van der Waals surface area contributed by atoms with E-state index in [0.29, 0.717) is 35.8 Å². The summed E-state index contributed by atoms with van der Waals surface area (Å²) in [6, 6.07) is 9.94. The van der Waals surface area contributed by atoms with Crippen LogP contribution in [-0.4, -0.2) is 59.8 Å². The lowest BCUT2D eigenvalue weighted by atomic mass is 10.1. The van der Waals surface area contributed by atoms with Gasteiger partial charge in [0.15, 0.2) is 23.2 Å². The van der Waals surface area contributed by atoms with Gasteiger partial charge in [0.25, 0.3) is 0 Å². The summed E-state index contributed by atoms with van der Waals surface area (Å²) in [4.78, 5) is 13.5. The van der Waals surface area contributed by atoms with Crippen molar-refractivity contribution in [3.05, 3.63) is 48.0 Å². The molecular weight excluding hydrogens is 362 g/mol. The quantitative estimate of drug-likeness (QED) is 0.486. The number of aliphatic hydroxyl groups is 3. The van der Waals surface area contributed by atoms with Gasteiger partial charge >= 0.3 is 0 Å². The van der Waals surface area contributed by atoms with Crippen molar-refractivity contribution in [3.8, 4) is 0 Å². The lowest BCUT2D eigenvalue weighted by molar-refractivity contribution is -0.0511. The number of aliphatic hydroxyl groups excluding tert-OH is 3. The van der Waals surface area contributed by atoms with Crippen molar-refractivity contribution < 1.29 is 20.1 Å². The summed E-state index contributed by atoms with van der Waals surface area (Å²) < 4.78 is 7.20. The summed E-state index contributed by atoms with van der Waals surface area (Å²) in [5.74, 6) is 1.22. The van der Waals surface area contributed by atoms with Gasteiger partial charge in [0, 0.05) is 13.0 Å². The van der Waals surface area contributed by atoms with E-state index in [9.17, 15) is 15.3 Å². The molecule has 1 aliphatic rings. The predicted octanol–water partition coefficient (Wildman–Crippen LogP) is 0.612. The summed E-state index contributed by atoms with van der Waals surface area (Å²) >= 11 is 0. The van der Waals surface area contributed by atoms with E-state index < -0.39 is 24.5 Å². The van der Waals surface area contributed by atoms with E-state index in [1.165, 1.54) is 6.33 Å². The molecule has 4 atom stereocenters. The van der Waals surface area contributed by atoms with Crippen LogP contribution in [0.3, 0.4) is 0 Å². The van der Waals surface area contributed by atoms with Crippen molar-refractivity contribution in [2.45, 2.75) is 44.4 Å². The average molecular weight is 385 g/mol. The van der Waals surface area contributed by atoms with Gasteiger partial charge in [-0.2, -0.15) is 0 Å². The fourth-order valence-corrected chi connectivity index (χ4v) is 3.32. The topological polar surface area (TPSA) is 126 Å². The maximum Gasteiger partial charge on any atom is 0.167 e. The minimum atomic E-state index is -1.20. The fourth-order valence-electron chi connectivity index (χ4n) is 3.32. The first-order chi connectivity index (χ1) is 13.6. The molecule has 0 spiro atoms. The lowest BCUT2D eigenvalue weighted by Crippen LogP contribution is -2.33. The number of fused-ring (bicyclic) bond motifs is 1. The van der Waals surface area contributed by atoms with Gasteiger partial charge in [-0.15, -0.1) is 0 Å². The number of nitrogens with one attached hydrogen (secondary N) is 1. The van der Waals surface area contributed by atoms with Crippen LogP contribution < -0.4 is 5.32 Å². The van der Waals surface area contributed by atoms with Gasteiger partial charge in [-0.25, -0.2) is 15.0 Å². The molecule has 9 nitrogen and oxygen atoms in total. The van der Waals surface area contributed by atoms with Gasteiger partial charge in [-0.3, -0.25) is 4.57 Å². The third kappa shape index (κ3) is 3.33. The Kier molecular flexibility index (Phi) is 5.23. The van der Waals surface area contributed by atoms with E-state index in [1.54, 1.807) is 4.57 Å². The first-order valence-electron chi connectivity index (χ1n) is 9.26. The van der Waals surface area contributed by atoms with Gasteiger partial charge in [-0.1, -0.05) is 37.3 Å². The van der Waals surface area contributed by atoms with Crippen LogP contribution in [0.4, 0.5) is 5.82 Å². The Labute approximate surface area is 161 Å². The van der Waals surface area contributed by atoms with E-state index in [0.717, 1.165) is 5.56 Å². The van der Waals surface area contributed by atoms with Crippen LogP contribution in [0.25, 0.3) is 11.2 Å². The van der Waals surface area contributed by atoms with Crippen molar-refractivity contribution in [3.63, 3.8) is 0 Å². The summed E-state index contributed by atoms with van der Waals surface area (Å²) in [5, 5.41) is 33.0. The maximum atomic E-state index is 10.3. The van der Waals surface area contributed by atoms with Gasteiger partial charge < -0.3 is 25.4 Å². The SMILES string of the molecule is CCc1nc(NCc2ccccc2)c2ncn([C@@H]3O[C@H](CO)[C@@H](O)[C@H]3O)c2n1. The summed E-state index contributed by atoms with van der Waals surface area (Å²) in [6.07, 6.45) is -2.01. The zero-order valence-electron chi connectivity index (χ0n) is 15.4. The summed E-state index contributed by atoms with van der Waals surface area (Å²) in [6.45, 7) is 2.15. The minimum absolute atomic E-state index is 0.388. The van der Waals surface area contributed by atoms with Crippen LogP contribution in [-0.2, 0) is 17.7 Å². The van der Waals surface area contributed by atoms with Gasteiger partial charge in [0.2, 0.25) is 0 Å². The number of imidazole rings is 1. The van der Waals surface area contributed by atoms with Crippen LogP contribution in [0.2, 0.25) is 0 Å². The molecule has 0 aliphatic carbocycles. The van der Waals surface area contributed by atoms with Crippen molar-refractivity contribution in [2.75, 3.05) is 11.9 Å². The van der Waals surface area contributed by atoms with Crippen molar-refractivity contribution in [2.24, 2.45) is 0 Å². The van der Waals surface area contributed by atoms with E-state index in [2.05, 4.69) is 20.3 Å². The Morgan fingerprint density at radius 2 is 1.93 bits per heavy atom. The molecule has 0 amide bonds. The minimum Gasteiger partial charge on any atom is -0.394 e. The monoisotopic (exact) mass is 385 g/mol. The van der Waals surface area contributed by atoms with Crippen molar-refractivity contribution in [1.29, 1.82) is 0 Å². The highest BCUT2D eigenvalue weighted by molar-refractivity contribution is 5.83. The molecule has 1 aliphatic heterocycles. The van der Waals surface area contributed by atoms with E-state index in [-0.39, 0.29) is 6.61 Å². The largest absolute Gasteiger partial charge is 0.394 e. The van der Waals surface area contributed by atoms with Crippen LogP contribution >= 0.6 is 0 Å². The van der Waals surface area contributed by atoms with Crippen LogP contribution in [0.1, 0.15) is 24.5 Å². The van der Waals surface area contributed by atoms with Crippen molar-refractivity contribution in [1.82, 2.24) is 19.5 Å². The smallest absolute Gasteiger partial charge is 0.167 e. The normalized spacial score (nSPS) is 24.7. The first kappa shape index (κ1) is 18.8. The molecule has 1 aromatic carbocycles. The molecule has 1 saturated heterocycles. The average Bonchev–Trinajstić information content (AvgIpc) is 3.28. The molecule has 0 bridgehead atoms. The van der Waals surface area contributed by atoms with Gasteiger partial charge in [0.05, 0.1) is 12.9 Å². The number of hydrogen-bond acceptors (Lipinski definition) is 8. The highest BCUT2D eigenvalue weighted by Crippen LogP contribution is 2.32. The number of rotatable bonds is 6. The number of hydrogen-bond donors (Lipinski definition) is 4. The maximum absolute atomic E-state index is 10.3. The highest BCUT2D eigenvalue weighted by atomic mass is 16.6. The Morgan fingerprint density at radius 1 is 1.14 bits per heavy atom. The van der Waals surface area contributed by atoms with Gasteiger partial charge in [-0.05, 0) is 5.56 Å². The van der Waals surface area contributed by atoms with Crippen LogP contribution in [0.5, 0.6) is 0 Å². The predicted molar refractivity (Wildman–Crippen MR) is 101 cm³/mol.